The number of unbranched alkanes of at least 4 members (excludes halogenated alkanes) is 9. The summed E-state index contributed by atoms with van der Waals surface area (Å²) in [4.78, 5) is 13.1. The van der Waals surface area contributed by atoms with Crippen LogP contribution in [0.5, 0.6) is 0 Å². The van der Waals surface area contributed by atoms with Crippen molar-refractivity contribution in [1.29, 1.82) is 0 Å². The molecular formula is C19H31NO. The third kappa shape index (κ3) is 8.54. The van der Waals surface area contributed by atoms with E-state index in [2.05, 4.69) is 11.8 Å². The molecule has 0 fully saturated rings. The summed E-state index contributed by atoms with van der Waals surface area (Å²) in [6, 6.07) is 0. The molecule has 2 heteroatoms. The van der Waals surface area contributed by atoms with Gasteiger partial charge in [-0.15, -0.1) is 0 Å². The van der Waals surface area contributed by atoms with E-state index >= 15 is 0 Å². The molecule has 0 aromatic carbocycles. The van der Waals surface area contributed by atoms with E-state index in [0.717, 1.165) is 24.9 Å². The Kier molecular flexibility index (Phi) is 10.5. The molecule has 0 radical (unpaired) electrons. The normalized spacial score (nSPS) is 14.1. The first-order valence-electron chi connectivity index (χ1n) is 8.65. The second kappa shape index (κ2) is 12.4. The molecule has 0 amide bonds. The van der Waals surface area contributed by atoms with Gasteiger partial charge >= 0.3 is 0 Å². The topological polar surface area (TPSA) is 20.3 Å². The maximum atomic E-state index is 11.0. The SMILES string of the molecule is CCCCCCCCCCCCN1C=CC=CC=C1C=O. The molecule has 1 aliphatic rings. The first kappa shape index (κ1) is 17.7. The molecule has 0 saturated carbocycles. The molecule has 0 N–H and O–H groups in total. The van der Waals surface area contributed by atoms with Gasteiger partial charge in [0.15, 0.2) is 6.29 Å². The standard InChI is InChI=1S/C19H31NO/c1-2-3-4-5-6-7-8-9-10-13-16-20-17-14-11-12-15-19(20)18-21/h11-12,14-15,17-18H,2-10,13,16H2,1H3. The Bertz CT molecular complexity index is 355. The highest BCUT2D eigenvalue weighted by atomic mass is 16.1. The summed E-state index contributed by atoms with van der Waals surface area (Å²) in [5.74, 6) is 0. The molecule has 0 aromatic rings. The average Bonchev–Trinajstić information content (AvgIpc) is 2.74. The van der Waals surface area contributed by atoms with Crippen LogP contribution in [0.1, 0.15) is 71.1 Å². The predicted octanol–water partition coefficient (Wildman–Crippen LogP) is 5.38. The summed E-state index contributed by atoms with van der Waals surface area (Å²) in [6.45, 7) is 3.21. The highest BCUT2D eigenvalue weighted by Gasteiger charge is 2.05. The zero-order valence-corrected chi connectivity index (χ0v) is 13.6. The number of aldehydes is 1. The summed E-state index contributed by atoms with van der Waals surface area (Å²) in [5, 5.41) is 0. The molecule has 0 atom stereocenters. The van der Waals surface area contributed by atoms with E-state index in [4.69, 9.17) is 0 Å². The molecule has 0 saturated heterocycles. The Labute approximate surface area is 130 Å². The van der Waals surface area contributed by atoms with Crippen LogP contribution in [0.25, 0.3) is 0 Å². The molecule has 1 aliphatic heterocycles. The summed E-state index contributed by atoms with van der Waals surface area (Å²) in [5.41, 5.74) is 0.760. The molecule has 2 nitrogen and oxygen atoms in total. The number of rotatable bonds is 12. The van der Waals surface area contributed by atoms with Gasteiger partial charge in [-0.2, -0.15) is 0 Å². The fraction of sp³-hybridized carbons (Fsp3) is 0.632. The van der Waals surface area contributed by atoms with Crippen molar-refractivity contribution in [3.8, 4) is 0 Å². The second-order valence-electron chi connectivity index (χ2n) is 5.81. The van der Waals surface area contributed by atoms with Gasteiger partial charge < -0.3 is 4.90 Å². The highest BCUT2D eigenvalue weighted by Crippen LogP contribution is 2.13. The van der Waals surface area contributed by atoms with E-state index < -0.39 is 0 Å². The minimum Gasteiger partial charge on any atom is -0.345 e. The number of nitrogens with zero attached hydrogens (tertiary/aromatic N) is 1. The molecule has 1 heterocycles. The molecule has 0 spiro atoms. The van der Waals surface area contributed by atoms with Gasteiger partial charge in [0.1, 0.15) is 0 Å². The molecular weight excluding hydrogens is 258 g/mol. The van der Waals surface area contributed by atoms with E-state index in [0.29, 0.717) is 0 Å². The van der Waals surface area contributed by atoms with E-state index in [9.17, 15) is 4.79 Å². The van der Waals surface area contributed by atoms with Crippen molar-refractivity contribution in [2.24, 2.45) is 0 Å². The van der Waals surface area contributed by atoms with Crippen molar-refractivity contribution >= 4 is 6.29 Å². The minimum absolute atomic E-state index is 0.760. The summed E-state index contributed by atoms with van der Waals surface area (Å²) in [7, 11) is 0. The van der Waals surface area contributed by atoms with Gasteiger partial charge in [-0.1, -0.05) is 76.9 Å². The Balaban J connectivity index is 2.00. The lowest BCUT2D eigenvalue weighted by atomic mass is 10.1. The van der Waals surface area contributed by atoms with Crippen LogP contribution in [-0.2, 0) is 4.79 Å². The van der Waals surface area contributed by atoms with Crippen LogP contribution >= 0.6 is 0 Å². The lowest BCUT2D eigenvalue weighted by Crippen LogP contribution is -2.18. The summed E-state index contributed by atoms with van der Waals surface area (Å²) >= 11 is 0. The van der Waals surface area contributed by atoms with Gasteiger partial charge in [-0.05, 0) is 18.6 Å². The highest BCUT2D eigenvalue weighted by molar-refractivity contribution is 5.73. The fourth-order valence-electron chi connectivity index (χ4n) is 2.63. The molecule has 0 aromatic heterocycles. The Morgan fingerprint density at radius 3 is 2.10 bits per heavy atom. The van der Waals surface area contributed by atoms with Crippen molar-refractivity contribution in [2.75, 3.05) is 6.54 Å². The van der Waals surface area contributed by atoms with Crippen LogP contribution < -0.4 is 0 Å². The predicted molar refractivity (Wildman–Crippen MR) is 91.0 cm³/mol. The van der Waals surface area contributed by atoms with Crippen LogP contribution in [0.3, 0.4) is 0 Å². The van der Waals surface area contributed by atoms with Crippen LogP contribution in [0.15, 0.2) is 36.2 Å². The van der Waals surface area contributed by atoms with Crippen LogP contribution in [0, 0.1) is 0 Å². The van der Waals surface area contributed by atoms with Crippen LogP contribution in [-0.4, -0.2) is 17.7 Å². The van der Waals surface area contributed by atoms with Gasteiger partial charge in [-0.25, -0.2) is 0 Å². The zero-order valence-electron chi connectivity index (χ0n) is 13.6. The van der Waals surface area contributed by atoms with Crippen molar-refractivity contribution in [3.05, 3.63) is 36.2 Å². The van der Waals surface area contributed by atoms with Crippen LogP contribution in [0.4, 0.5) is 0 Å². The first-order chi connectivity index (χ1) is 10.4. The van der Waals surface area contributed by atoms with E-state index in [1.54, 1.807) is 0 Å². The minimum atomic E-state index is 0.760. The number of hydrogen-bond donors (Lipinski definition) is 0. The maximum Gasteiger partial charge on any atom is 0.166 e. The van der Waals surface area contributed by atoms with E-state index in [1.165, 1.54) is 57.8 Å². The lowest BCUT2D eigenvalue weighted by Gasteiger charge is -2.19. The smallest absolute Gasteiger partial charge is 0.166 e. The zero-order chi connectivity index (χ0) is 15.2. The van der Waals surface area contributed by atoms with Gasteiger partial charge in [-0.3, -0.25) is 4.79 Å². The van der Waals surface area contributed by atoms with Crippen LogP contribution in [0.2, 0.25) is 0 Å². The first-order valence-corrected chi connectivity index (χ1v) is 8.65. The van der Waals surface area contributed by atoms with Crippen molar-refractivity contribution in [1.82, 2.24) is 4.90 Å². The largest absolute Gasteiger partial charge is 0.345 e. The number of hydrogen-bond acceptors (Lipinski definition) is 2. The van der Waals surface area contributed by atoms with Gasteiger partial charge in [0, 0.05) is 12.7 Å². The Morgan fingerprint density at radius 2 is 1.48 bits per heavy atom. The Morgan fingerprint density at radius 1 is 0.857 bits per heavy atom. The van der Waals surface area contributed by atoms with Crippen molar-refractivity contribution < 1.29 is 4.79 Å². The molecule has 21 heavy (non-hydrogen) atoms. The number of allylic oxidation sites excluding steroid dienone is 5. The molecule has 1 rings (SSSR count). The second-order valence-corrected chi connectivity index (χ2v) is 5.81. The van der Waals surface area contributed by atoms with Crippen molar-refractivity contribution in [3.63, 3.8) is 0 Å². The third-order valence-corrected chi connectivity index (χ3v) is 3.96. The summed E-state index contributed by atoms with van der Waals surface area (Å²) < 4.78 is 0. The molecule has 0 unspecified atom stereocenters. The monoisotopic (exact) mass is 289 g/mol. The number of carbonyl (C=O) groups excluding carboxylic acids is 1. The van der Waals surface area contributed by atoms with Gasteiger partial charge in [0.25, 0.3) is 0 Å². The van der Waals surface area contributed by atoms with E-state index in [1.807, 2.05) is 30.5 Å². The maximum absolute atomic E-state index is 11.0. The Hall–Kier alpha value is -1.31. The third-order valence-electron chi connectivity index (χ3n) is 3.96. The average molecular weight is 289 g/mol. The number of carbonyl (C=O) groups is 1. The fourth-order valence-corrected chi connectivity index (χ4v) is 2.63. The quantitative estimate of drug-likeness (QED) is 0.355. The molecule has 0 aliphatic carbocycles. The van der Waals surface area contributed by atoms with E-state index in [-0.39, 0.29) is 0 Å². The van der Waals surface area contributed by atoms with Crippen molar-refractivity contribution in [2.45, 2.75) is 71.1 Å². The molecule has 0 bridgehead atoms. The molecule has 118 valence electrons. The van der Waals surface area contributed by atoms with Gasteiger partial charge in [0.2, 0.25) is 0 Å². The lowest BCUT2D eigenvalue weighted by molar-refractivity contribution is -0.105. The summed E-state index contributed by atoms with van der Waals surface area (Å²) in [6.07, 6.45) is 24.1. The van der Waals surface area contributed by atoms with Gasteiger partial charge in [0.05, 0.1) is 5.70 Å².